The van der Waals surface area contributed by atoms with E-state index >= 15 is 0 Å². The van der Waals surface area contributed by atoms with Crippen LogP contribution in [0.2, 0.25) is 0 Å². The van der Waals surface area contributed by atoms with Crippen LogP contribution in [0.15, 0.2) is 66.7 Å². The molecule has 1 amide bonds. The van der Waals surface area contributed by atoms with Crippen molar-refractivity contribution in [2.24, 2.45) is 0 Å². The molecule has 0 aromatic heterocycles. The predicted octanol–water partition coefficient (Wildman–Crippen LogP) is 3.97. The molecule has 3 heteroatoms. The molecule has 2 aromatic rings. The summed E-state index contributed by atoms with van der Waals surface area (Å²) in [5.74, 6) is 0. The van der Waals surface area contributed by atoms with Crippen LogP contribution in [0.1, 0.15) is 18.1 Å². The predicted molar refractivity (Wildman–Crippen MR) is 79.9 cm³/mol. The summed E-state index contributed by atoms with van der Waals surface area (Å²) in [5.41, 5.74) is 2.65. The average molecular weight is 267 g/mol. The molecule has 0 heterocycles. The van der Waals surface area contributed by atoms with E-state index in [1.165, 1.54) is 0 Å². The Bertz CT molecular complexity index is 576. The summed E-state index contributed by atoms with van der Waals surface area (Å²) in [6.45, 7) is 2.14. The van der Waals surface area contributed by atoms with E-state index in [2.05, 4.69) is 5.32 Å². The van der Waals surface area contributed by atoms with Crippen molar-refractivity contribution in [1.29, 1.82) is 0 Å². The minimum absolute atomic E-state index is 0.262. The monoisotopic (exact) mass is 267 g/mol. The van der Waals surface area contributed by atoms with Crippen LogP contribution >= 0.6 is 0 Å². The van der Waals surface area contributed by atoms with Gasteiger partial charge in [0.05, 0.1) is 0 Å². The van der Waals surface area contributed by atoms with Gasteiger partial charge in [-0.25, -0.2) is 4.79 Å². The maximum absolute atomic E-state index is 11.8. The maximum Gasteiger partial charge on any atom is 0.411 e. The number of benzene rings is 2. The van der Waals surface area contributed by atoms with E-state index in [9.17, 15) is 4.79 Å². The van der Waals surface area contributed by atoms with Crippen LogP contribution < -0.4 is 5.32 Å². The van der Waals surface area contributed by atoms with E-state index in [0.29, 0.717) is 0 Å². The molecule has 0 aliphatic carbocycles. The molecule has 2 aromatic carbocycles. The van der Waals surface area contributed by atoms with Gasteiger partial charge >= 0.3 is 6.09 Å². The van der Waals surface area contributed by atoms with E-state index in [4.69, 9.17) is 4.74 Å². The van der Waals surface area contributed by atoms with Crippen molar-refractivity contribution in [2.75, 3.05) is 0 Å². The van der Waals surface area contributed by atoms with Crippen molar-refractivity contribution in [2.45, 2.75) is 13.5 Å². The summed E-state index contributed by atoms with van der Waals surface area (Å²) in [4.78, 5) is 11.8. The van der Waals surface area contributed by atoms with Crippen molar-refractivity contribution in [1.82, 2.24) is 5.32 Å². The van der Waals surface area contributed by atoms with Gasteiger partial charge < -0.3 is 4.74 Å². The minimum atomic E-state index is -0.453. The van der Waals surface area contributed by atoms with E-state index in [1.54, 1.807) is 0 Å². The Balaban J connectivity index is 1.91. The van der Waals surface area contributed by atoms with Crippen LogP contribution in [0.4, 0.5) is 4.79 Å². The van der Waals surface area contributed by atoms with Crippen LogP contribution in [0.5, 0.6) is 0 Å². The summed E-state index contributed by atoms with van der Waals surface area (Å²) in [6.07, 6.45) is 1.39. The molecule has 0 aliphatic heterocycles. The third kappa shape index (κ3) is 3.99. The molecule has 0 saturated heterocycles. The summed E-state index contributed by atoms with van der Waals surface area (Å²) in [6, 6.07) is 19.3. The van der Waals surface area contributed by atoms with E-state index in [1.807, 2.05) is 73.7 Å². The first-order valence-corrected chi connectivity index (χ1v) is 6.49. The highest BCUT2D eigenvalue weighted by Gasteiger charge is 2.06. The zero-order chi connectivity index (χ0) is 14.2. The quantitative estimate of drug-likeness (QED) is 0.910. The third-order valence-corrected chi connectivity index (χ3v) is 2.82. The van der Waals surface area contributed by atoms with Crippen molar-refractivity contribution in [3.8, 4) is 0 Å². The molecule has 0 atom stereocenters. The van der Waals surface area contributed by atoms with Gasteiger partial charge in [-0.15, -0.1) is 0 Å². The smallest absolute Gasteiger partial charge is 0.411 e. The number of nitrogens with one attached hydrogen (secondary N) is 1. The zero-order valence-corrected chi connectivity index (χ0v) is 11.4. The van der Waals surface area contributed by atoms with Crippen LogP contribution in [0.3, 0.4) is 0 Å². The number of ether oxygens (including phenoxy) is 1. The van der Waals surface area contributed by atoms with Gasteiger partial charge in [0.2, 0.25) is 0 Å². The molecule has 0 bridgehead atoms. The van der Waals surface area contributed by atoms with Gasteiger partial charge in [0, 0.05) is 5.70 Å². The van der Waals surface area contributed by atoms with Gasteiger partial charge in [0.1, 0.15) is 6.61 Å². The summed E-state index contributed by atoms with van der Waals surface area (Å²) in [5, 5.41) is 2.75. The highest BCUT2D eigenvalue weighted by molar-refractivity contribution is 5.81. The molecule has 102 valence electrons. The largest absolute Gasteiger partial charge is 0.444 e. The van der Waals surface area contributed by atoms with Gasteiger partial charge in [-0.1, -0.05) is 66.7 Å². The number of carbonyl (C=O) groups excluding carboxylic acids is 1. The topological polar surface area (TPSA) is 38.3 Å². The Morgan fingerprint density at radius 3 is 2.25 bits per heavy atom. The van der Waals surface area contributed by atoms with E-state index in [0.717, 1.165) is 16.8 Å². The molecular formula is C17H17NO2. The number of hydrogen-bond donors (Lipinski definition) is 1. The number of carbonyl (C=O) groups is 1. The Kier molecular flexibility index (Phi) is 4.95. The van der Waals surface area contributed by atoms with Gasteiger partial charge in [-0.05, 0) is 18.1 Å². The zero-order valence-electron chi connectivity index (χ0n) is 11.4. The lowest BCUT2D eigenvalue weighted by Gasteiger charge is -2.10. The first kappa shape index (κ1) is 13.9. The molecular weight excluding hydrogens is 250 g/mol. The fourth-order valence-corrected chi connectivity index (χ4v) is 1.80. The highest BCUT2D eigenvalue weighted by Crippen LogP contribution is 2.11. The molecule has 2 rings (SSSR count). The molecule has 3 nitrogen and oxygen atoms in total. The molecule has 0 unspecified atom stereocenters. The standard InChI is InChI=1S/C17H17NO2/c1-2-16(15-11-7-4-8-12-15)18-17(19)20-13-14-9-5-3-6-10-14/h2-12H,13H2,1H3,(H,18,19)/b16-2+. The van der Waals surface area contributed by atoms with E-state index in [-0.39, 0.29) is 6.61 Å². The fourth-order valence-electron chi connectivity index (χ4n) is 1.80. The third-order valence-electron chi connectivity index (χ3n) is 2.82. The normalized spacial score (nSPS) is 10.9. The molecule has 0 aliphatic rings. The lowest BCUT2D eigenvalue weighted by molar-refractivity contribution is 0.144. The first-order chi connectivity index (χ1) is 9.79. The van der Waals surface area contributed by atoms with E-state index < -0.39 is 6.09 Å². The summed E-state index contributed by atoms with van der Waals surface area (Å²) < 4.78 is 5.19. The molecule has 20 heavy (non-hydrogen) atoms. The van der Waals surface area contributed by atoms with Crippen LogP contribution in [-0.4, -0.2) is 6.09 Å². The molecule has 1 N–H and O–H groups in total. The summed E-state index contributed by atoms with van der Waals surface area (Å²) in [7, 11) is 0. The molecule has 0 fully saturated rings. The fraction of sp³-hybridized carbons (Fsp3) is 0.118. The van der Waals surface area contributed by atoms with Gasteiger partial charge in [-0.3, -0.25) is 5.32 Å². The lowest BCUT2D eigenvalue weighted by Crippen LogP contribution is -2.22. The first-order valence-electron chi connectivity index (χ1n) is 6.49. The van der Waals surface area contributed by atoms with Crippen LogP contribution in [0, 0.1) is 0 Å². The number of amides is 1. The van der Waals surface area contributed by atoms with Crippen LogP contribution in [-0.2, 0) is 11.3 Å². The van der Waals surface area contributed by atoms with Gasteiger partial charge in [0.25, 0.3) is 0 Å². The average Bonchev–Trinajstić information content (AvgIpc) is 2.52. The second kappa shape index (κ2) is 7.14. The second-order valence-electron chi connectivity index (χ2n) is 4.26. The van der Waals surface area contributed by atoms with Crippen LogP contribution in [0.25, 0.3) is 5.70 Å². The number of alkyl carbamates (subject to hydrolysis) is 1. The van der Waals surface area contributed by atoms with Crippen molar-refractivity contribution < 1.29 is 9.53 Å². The Morgan fingerprint density at radius 2 is 1.65 bits per heavy atom. The number of rotatable bonds is 4. The molecule has 0 radical (unpaired) electrons. The number of allylic oxidation sites excluding steroid dienone is 1. The van der Waals surface area contributed by atoms with Crippen molar-refractivity contribution in [3.05, 3.63) is 77.9 Å². The van der Waals surface area contributed by atoms with Gasteiger partial charge in [-0.2, -0.15) is 0 Å². The lowest BCUT2D eigenvalue weighted by atomic mass is 10.1. The van der Waals surface area contributed by atoms with Gasteiger partial charge in [0.15, 0.2) is 0 Å². The Labute approximate surface area is 118 Å². The second-order valence-corrected chi connectivity index (χ2v) is 4.26. The van der Waals surface area contributed by atoms with Crippen molar-refractivity contribution in [3.63, 3.8) is 0 Å². The molecule has 0 saturated carbocycles. The maximum atomic E-state index is 11.8. The Morgan fingerprint density at radius 1 is 1.05 bits per heavy atom. The highest BCUT2D eigenvalue weighted by atomic mass is 16.5. The minimum Gasteiger partial charge on any atom is -0.444 e. The van der Waals surface area contributed by atoms with Crippen molar-refractivity contribution >= 4 is 11.8 Å². The molecule has 0 spiro atoms. The SMILES string of the molecule is C/C=C(/NC(=O)OCc1ccccc1)c1ccccc1. The number of hydrogen-bond acceptors (Lipinski definition) is 2. The summed E-state index contributed by atoms with van der Waals surface area (Å²) >= 11 is 0. The Hall–Kier alpha value is -2.55.